The van der Waals surface area contributed by atoms with Gasteiger partial charge in [-0.15, -0.1) is 0 Å². The average Bonchev–Trinajstić information content (AvgIpc) is 3.13. The van der Waals surface area contributed by atoms with Gasteiger partial charge in [-0.3, -0.25) is 4.79 Å². The summed E-state index contributed by atoms with van der Waals surface area (Å²) in [6.45, 7) is 2.88. The largest absolute Gasteiger partial charge is 0.325 e. The zero-order valence-corrected chi connectivity index (χ0v) is 16.0. The second-order valence-corrected chi connectivity index (χ2v) is 7.70. The van der Waals surface area contributed by atoms with E-state index in [2.05, 4.69) is 5.32 Å². The van der Waals surface area contributed by atoms with Gasteiger partial charge in [0.15, 0.2) is 0 Å². The van der Waals surface area contributed by atoms with E-state index >= 15 is 0 Å². The molecule has 0 atom stereocenters. The van der Waals surface area contributed by atoms with Crippen LogP contribution in [0.4, 0.5) is 10.5 Å². The maximum absolute atomic E-state index is 12.5. The fourth-order valence-electron chi connectivity index (χ4n) is 3.29. The summed E-state index contributed by atoms with van der Waals surface area (Å²) in [5, 5.41) is 3.86. The molecule has 2 heterocycles. The normalized spacial score (nSPS) is 18.5. The summed E-state index contributed by atoms with van der Waals surface area (Å²) in [7, 11) is 0. The molecule has 1 aromatic rings. The van der Waals surface area contributed by atoms with Crippen molar-refractivity contribution in [1.29, 1.82) is 0 Å². The number of nitrogens with zero attached hydrogens (tertiary/aromatic N) is 2. The molecule has 0 spiro atoms. The second kappa shape index (κ2) is 8.02. The van der Waals surface area contributed by atoms with Gasteiger partial charge < -0.3 is 15.1 Å². The van der Waals surface area contributed by atoms with E-state index in [1.54, 1.807) is 6.07 Å². The predicted molar refractivity (Wildman–Crippen MR) is 101 cm³/mol. The number of carbonyl (C=O) groups is 2. The maximum atomic E-state index is 12.5. The van der Waals surface area contributed by atoms with Crippen molar-refractivity contribution in [2.75, 3.05) is 31.5 Å². The first-order chi connectivity index (χ1) is 12.0. The van der Waals surface area contributed by atoms with E-state index in [-0.39, 0.29) is 17.9 Å². The molecule has 0 saturated carbocycles. The Morgan fingerprint density at radius 2 is 1.44 bits per heavy atom. The molecule has 3 amide bonds. The number of benzene rings is 1. The van der Waals surface area contributed by atoms with Crippen LogP contribution in [0.25, 0.3) is 0 Å². The van der Waals surface area contributed by atoms with Crippen LogP contribution in [0, 0.1) is 5.92 Å². The number of nitrogens with one attached hydrogen (secondary N) is 1. The molecule has 0 unspecified atom stereocenters. The molecular formula is C17H20Cl3N3O2. The number of hydrogen-bond donors (Lipinski definition) is 1. The van der Waals surface area contributed by atoms with E-state index in [9.17, 15) is 9.59 Å². The number of likely N-dealkylation sites (tertiary alicyclic amines) is 2. The lowest BCUT2D eigenvalue weighted by Gasteiger charge is -2.34. The van der Waals surface area contributed by atoms with Gasteiger partial charge >= 0.3 is 6.03 Å². The minimum absolute atomic E-state index is 0.101. The van der Waals surface area contributed by atoms with Crippen molar-refractivity contribution in [3.05, 3.63) is 27.2 Å². The first-order valence-electron chi connectivity index (χ1n) is 8.45. The van der Waals surface area contributed by atoms with Gasteiger partial charge in [-0.2, -0.15) is 0 Å². The van der Waals surface area contributed by atoms with Gasteiger partial charge in [-0.05, 0) is 37.8 Å². The lowest BCUT2D eigenvalue weighted by Crippen LogP contribution is -2.47. The van der Waals surface area contributed by atoms with Crippen LogP contribution >= 0.6 is 34.8 Å². The number of rotatable bonds is 2. The van der Waals surface area contributed by atoms with E-state index in [1.807, 2.05) is 9.80 Å². The topological polar surface area (TPSA) is 52.7 Å². The number of urea groups is 1. The molecule has 25 heavy (non-hydrogen) atoms. The van der Waals surface area contributed by atoms with Crippen LogP contribution in [0.2, 0.25) is 15.1 Å². The van der Waals surface area contributed by atoms with Gasteiger partial charge in [0.05, 0.1) is 20.8 Å². The fraction of sp³-hybridized carbons (Fsp3) is 0.529. The summed E-state index contributed by atoms with van der Waals surface area (Å²) in [6, 6.07) is 3.16. The van der Waals surface area contributed by atoms with Gasteiger partial charge in [0.2, 0.25) is 5.91 Å². The smallest absolute Gasteiger partial charge is 0.319 e. The number of hydrogen-bond acceptors (Lipinski definition) is 2. The van der Waals surface area contributed by atoms with E-state index in [0.717, 1.165) is 25.9 Å². The highest BCUT2D eigenvalue weighted by molar-refractivity contribution is 6.44. The molecule has 1 aromatic carbocycles. The van der Waals surface area contributed by atoms with Crippen LogP contribution in [-0.2, 0) is 4.79 Å². The molecule has 0 aliphatic carbocycles. The van der Waals surface area contributed by atoms with E-state index < -0.39 is 0 Å². The minimum atomic E-state index is -0.145. The highest BCUT2D eigenvalue weighted by Crippen LogP contribution is 2.33. The molecule has 0 bridgehead atoms. The van der Waals surface area contributed by atoms with Crippen LogP contribution in [0.1, 0.15) is 25.7 Å². The van der Waals surface area contributed by atoms with Crippen molar-refractivity contribution in [2.24, 2.45) is 5.92 Å². The van der Waals surface area contributed by atoms with E-state index in [4.69, 9.17) is 34.8 Å². The van der Waals surface area contributed by atoms with Crippen molar-refractivity contribution < 1.29 is 9.59 Å². The van der Waals surface area contributed by atoms with Crippen molar-refractivity contribution in [2.45, 2.75) is 25.7 Å². The molecule has 0 aromatic heterocycles. The summed E-state index contributed by atoms with van der Waals surface area (Å²) in [4.78, 5) is 28.6. The van der Waals surface area contributed by atoms with Crippen molar-refractivity contribution in [3.8, 4) is 0 Å². The first-order valence-corrected chi connectivity index (χ1v) is 9.58. The van der Waals surface area contributed by atoms with Gasteiger partial charge in [-0.1, -0.05) is 34.8 Å². The molecule has 2 fully saturated rings. The Hall–Kier alpha value is -1.17. The SMILES string of the molecule is O=C(Nc1cc(Cl)c(Cl)cc1Cl)C1CCN(C(=O)N2CCCC2)CC1. The average molecular weight is 405 g/mol. The van der Waals surface area contributed by atoms with Crippen LogP contribution < -0.4 is 5.32 Å². The maximum Gasteiger partial charge on any atom is 0.319 e. The molecule has 3 rings (SSSR count). The molecule has 136 valence electrons. The van der Waals surface area contributed by atoms with E-state index in [1.165, 1.54) is 6.07 Å². The third-order valence-electron chi connectivity index (χ3n) is 4.78. The Morgan fingerprint density at radius 1 is 0.880 bits per heavy atom. The van der Waals surface area contributed by atoms with E-state index in [0.29, 0.717) is 46.7 Å². The zero-order chi connectivity index (χ0) is 18.0. The monoisotopic (exact) mass is 403 g/mol. The van der Waals surface area contributed by atoms with Crippen LogP contribution in [-0.4, -0.2) is 47.9 Å². The van der Waals surface area contributed by atoms with Crippen molar-refractivity contribution in [1.82, 2.24) is 9.80 Å². The second-order valence-electron chi connectivity index (χ2n) is 6.47. The minimum Gasteiger partial charge on any atom is -0.325 e. The zero-order valence-electron chi connectivity index (χ0n) is 13.7. The summed E-state index contributed by atoms with van der Waals surface area (Å²) in [6.07, 6.45) is 3.44. The van der Waals surface area contributed by atoms with Crippen LogP contribution in [0.15, 0.2) is 12.1 Å². The van der Waals surface area contributed by atoms with Crippen molar-refractivity contribution in [3.63, 3.8) is 0 Å². The Balaban J connectivity index is 1.55. The molecule has 1 N–H and O–H groups in total. The third kappa shape index (κ3) is 4.33. The highest BCUT2D eigenvalue weighted by atomic mass is 35.5. The molecule has 2 aliphatic heterocycles. The van der Waals surface area contributed by atoms with Crippen LogP contribution in [0.3, 0.4) is 0 Å². The molecule has 8 heteroatoms. The molecule has 2 aliphatic rings. The van der Waals surface area contributed by atoms with Crippen molar-refractivity contribution >= 4 is 52.4 Å². The first kappa shape index (κ1) is 18.6. The van der Waals surface area contributed by atoms with Gasteiger partial charge in [0, 0.05) is 32.1 Å². The fourth-order valence-corrected chi connectivity index (χ4v) is 3.89. The summed E-state index contributed by atoms with van der Waals surface area (Å²) < 4.78 is 0. The summed E-state index contributed by atoms with van der Waals surface area (Å²) >= 11 is 18.0. The molecule has 5 nitrogen and oxygen atoms in total. The Bertz CT molecular complexity index is 669. The molecule has 2 saturated heterocycles. The Kier molecular flexibility index (Phi) is 5.97. The lowest BCUT2D eigenvalue weighted by atomic mass is 9.96. The summed E-state index contributed by atoms with van der Waals surface area (Å²) in [5.74, 6) is -0.248. The number of piperidine rings is 1. The van der Waals surface area contributed by atoms with Gasteiger partial charge in [0.1, 0.15) is 0 Å². The summed E-state index contributed by atoms with van der Waals surface area (Å²) in [5.41, 5.74) is 0.455. The number of amides is 3. The number of halogens is 3. The van der Waals surface area contributed by atoms with Gasteiger partial charge in [-0.25, -0.2) is 4.79 Å². The number of carbonyl (C=O) groups excluding carboxylic acids is 2. The molecule has 0 radical (unpaired) electrons. The Morgan fingerprint density at radius 3 is 2.08 bits per heavy atom. The highest BCUT2D eigenvalue weighted by Gasteiger charge is 2.30. The van der Waals surface area contributed by atoms with Gasteiger partial charge in [0.25, 0.3) is 0 Å². The standard InChI is InChI=1S/C17H20Cl3N3O2/c18-12-9-14(20)15(10-13(12)19)21-16(24)11-3-7-23(8-4-11)17(25)22-5-1-2-6-22/h9-11H,1-8H2,(H,21,24). The third-order valence-corrected chi connectivity index (χ3v) is 5.82. The van der Waals surface area contributed by atoms with Crippen LogP contribution in [0.5, 0.6) is 0 Å². The Labute approximate surface area is 162 Å². The predicted octanol–water partition coefficient (Wildman–Crippen LogP) is 4.51. The lowest BCUT2D eigenvalue weighted by molar-refractivity contribution is -0.121. The number of anilines is 1. The molecular weight excluding hydrogens is 385 g/mol. The quantitative estimate of drug-likeness (QED) is 0.737.